The number of halogens is 1. The van der Waals surface area contributed by atoms with E-state index in [2.05, 4.69) is 18.7 Å². The molecule has 4 rings (SSSR count). The molecule has 1 aromatic heterocycles. The number of carbonyl (C=O) groups excluding carboxylic acids is 1. The summed E-state index contributed by atoms with van der Waals surface area (Å²) < 4.78 is 13.8. The minimum absolute atomic E-state index is 0.0811. The Kier molecular flexibility index (Phi) is 7.56. The van der Waals surface area contributed by atoms with E-state index in [1.807, 2.05) is 42.2 Å². The minimum Gasteiger partial charge on any atom is -0.354 e. The van der Waals surface area contributed by atoms with Crippen molar-refractivity contribution in [1.29, 1.82) is 0 Å². The molecule has 0 spiro atoms. The molecule has 3 aromatic rings. The predicted octanol–water partition coefficient (Wildman–Crippen LogP) is 4.99. The normalized spacial score (nSPS) is 14.2. The van der Waals surface area contributed by atoms with Crippen LogP contribution in [0, 0.1) is 12.7 Å². The molecule has 1 aliphatic rings. The highest BCUT2D eigenvalue weighted by Crippen LogP contribution is 2.26. The number of hydrogen-bond acceptors (Lipinski definition) is 4. The molecule has 0 bridgehead atoms. The fourth-order valence-electron chi connectivity index (χ4n) is 4.62. The van der Waals surface area contributed by atoms with Gasteiger partial charge in [-0.1, -0.05) is 38.1 Å². The van der Waals surface area contributed by atoms with Crippen molar-refractivity contribution in [2.24, 2.45) is 0 Å². The highest BCUT2D eigenvalue weighted by molar-refractivity contribution is 5.94. The standard InChI is InChI=1S/C28H33FN4O/c1-4-21-10-12-23(13-11-21)28(34)33-15-7-14-32(16-17-33)27-25(26(5-2)30-20(3)31-27)19-22-8-6-9-24(29)18-22/h6,8-13,18H,4-5,7,14-17,19H2,1-3H3. The van der Waals surface area contributed by atoms with Crippen LogP contribution in [0.4, 0.5) is 10.2 Å². The first-order valence-electron chi connectivity index (χ1n) is 12.2. The molecule has 178 valence electrons. The molecule has 2 heterocycles. The van der Waals surface area contributed by atoms with Gasteiger partial charge >= 0.3 is 0 Å². The van der Waals surface area contributed by atoms with Crippen molar-refractivity contribution in [2.45, 2.75) is 46.5 Å². The van der Waals surface area contributed by atoms with E-state index in [0.29, 0.717) is 19.5 Å². The van der Waals surface area contributed by atoms with E-state index in [0.717, 1.165) is 66.4 Å². The molecular formula is C28H33FN4O. The van der Waals surface area contributed by atoms with Crippen LogP contribution in [0.3, 0.4) is 0 Å². The summed E-state index contributed by atoms with van der Waals surface area (Å²) >= 11 is 0. The van der Waals surface area contributed by atoms with Gasteiger partial charge in [0.2, 0.25) is 0 Å². The van der Waals surface area contributed by atoms with Gasteiger partial charge in [0.15, 0.2) is 0 Å². The van der Waals surface area contributed by atoms with E-state index in [4.69, 9.17) is 9.97 Å². The van der Waals surface area contributed by atoms with E-state index in [9.17, 15) is 9.18 Å². The SMILES string of the molecule is CCc1ccc(C(=O)N2CCCN(c3nc(C)nc(CC)c3Cc3cccc(F)c3)CC2)cc1. The van der Waals surface area contributed by atoms with E-state index in [1.165, 1.54) is 11.6 Å². The predicted molar refractivity (Wildman–Crippen MR) is 134 cm³/mol. The van der Waals surface area contributed by atoms with Crippen molar-refractivity contribution in [3.8, 4) is 0 Å². The molecule has 0 saturated carbocycles. The minimum atomic E-state index is -0.235. The maximum Gasteiger partial charge on any atom is 0.253 e. The topological polar surface area (TPSA) is 49.3 Å². The van der Waals surface area contributed by atoms with Crippen molar-refractivity contribution in [2.75, 3.05) is 31.1 Å². The smallest absolute Gasteiger partial charge is 0.253 e. The largest absolute Gasteiger partial charge is 0.354 e. The van der Waals surface area contributed by atoms with Crippen LogP contribution in [-0.2, 0) is 19.3 Å². The molecule has 1 saturated heterocycles. The summed E-state index contributed by atoms with van der Waals surface area (Å²) in [6.45, 7) is 8.99. The van der Waals surface area contributed by atoms with E-state index in [-0.39, 0.29) is 11.7 Å². The van der Waals surface area contributed by atoms with Gasteiger partial charge in [0.1, 0.15) is 17.5 Å². The summed E-state index contributed by atoms with van der Waals surface area (Å²) in [5.41, 5.74) is 4.93. The fraction of sp³-hybridized carbons (Fsp3) is 0.393. The van der Waals surface area contributed by atoms with Gasteiger partial charge in [-0.15, -0.1) is 0 Å². The lowest BCUT2D eigenvalue weighted by atomic mass is 10.0. The quantitative estimate of drug-likeness (QED) is 0.520. The Morgan fingerprint density at radius 2 is 1.74 bits per heavy atom. The molecule has 2 aromatic carbocycles. The Morgan fingerprint density at radius 1 is 0.941 bits per heavy atom. The highest BCUT2D eigenvalue weighted by atomic mass is 19.1. The zero-order chi connectivity index (χ0) is 24.1. The number of anilines is 1. The molecule has 0 radical (unpaired) electrons. The number of benzene rings is 2. The summed E-state index contributed by atoms with van der Waals surface area (Å²) in [6, 6.07) is 14.7. The molecule has 6 heteroatoms. The van der Waals surface area contributed by atoms with E-state index < -0.39 is 0 Å². The van der Waals surface area contributed by atoms with Gasteiger partial charge in [-0.2, -0.15) is 0 Å². The fourth-order valence-corrected chi connectivity index (χ4v) is 4.62. The lowest BCUT2D eigenvalue weighted by molar-refractivity contribution is 0.0767. The number of nitrogens with zero attached hydrogens (tertiary/aromatic N) is 4. The monoisotopic (exact) mass is 460 g/mol. The van der Waals surface area contributed by atoms with Crippen LogP contribution in [0.15, 0.2) is 48.5 Å². The Morgan fingerprint density at radius 3 is 2.44 bits per heavy atom. The average Bonchev–Trinajstić information content (AvgIpc) is 3.11. The van der Waals surface area contributed by atoms with Crippen LogP contribution >= 0.6 is 0 Å². The van der Waals surface area contributed by atoms with Gasteiger partial charge in [0.25, 0.3) is 5.91 Å². The van der Waals surface area contributed by atoms with E-state index >= 15 is 0 Å². The number of rotatable bonds is 6. The van der Waals surface area contributed by atoms with Crippen LogP contribution in [0.5, 0.6) is 0 Å². The van der Waals surface area contributed by atoms with Crippen molar-refractivity contribution < 1.29 is 9.18 Å². The first kappa shape index (κ1) is 23.9. The maximum atomic E-state index is 13.8. The molecule has 1 fully saturated rings. The maximum absolute atomic E-state index is 13.8. The first-order chi connectivity index (χ1) is 16.5. The van der Waals surface area contributed by atoms with Gasteiger partial charge in [0, 0.05) is 49.4 Å². The Bertz CT molecular complexity index is 1150. The first-order valence-corrected chi connectivity index (χ1v) is 12.2. The molecule has 1 amide bonds. The van der Waals surface area contributed by atoms with Crippen molar-refractivity contribution in [1.82, 2.24) is 14.9 Å². The molecule has 5 nitrogen and oxygen atoms in total. The van der Waals surface area contributed by atoms with Crippen LogP contribution in [0.2, 0.25) is 0 Å². The van der Waals surface area contributed by atoms with Gasteiger partial charge in [-0.05, 0) is 61.6 Å². The second-order valence-electron chi connectivity index (χ2n) is 8.86. The number of aromatic nitrogens is 2. The van der Waals surface area contributed by atoms with Crippen molar-refractivity contribution in [3.05, 3.63) is 88.1 Å². The summed E-state index contributed by atoms with van der Waals surface area (Å²) in [7, 11) is 0. The molecule has 1 aliphatic heterocycles. The zero-order valence-corrected chi connectivity index (χ0v) is 20.4. The number of amides is 1. The highest BCUT2D eigenvalue weighted by Gasteiger charge is 2.24. The van der Waals surface area contributed by atoms with Crippen LogP contribution in [0.25, 0.3) is 0 Å². The average molecular weight is 461 g/mol. The zero-order valence-electron chi connectivity index (χ0n) is 20.4. The van der Waals surface area contributed by atoms with Gasteiger partial charge in [-0.25, -0.2) is 14.4 Å². The lowest BCUT2D eigenvalue weighted by Gasteiger charge is -2.26. The molecular weight excluding hydrogens is 427 g/mol. The second-order valence-corrected chi connectivity index (χ2v) is 8.86. The molecule has 0 atom stereocenters. The molecule has 0 N–H and O–H groups in total. The summed E-state index contributed by atoms with van der Waals surface area (Å²) in [5, 5.41) is 0. The molecule has 0 unspecified atom stereocenters. The Balaban J connectivity index is 1.57. The lowest BCUT2D eigenvalue weighted by Crippen LogP contribution is -2.35. The summed E-state index contributed by atoms with van der Waals surface area (Å²) in [4.78, 5) is 26.9. The van der Waals surface area contributed by atoms with Crippen molar-refractivity contribution >= 4 is 11.7 Å². The third-order valence-electron chi connectivity index (χ3n) is 6.48. The van der Waals surface area contributed by atoms with Gasteiger partial charge in [-0.3, -0.25) is 4.79 Å². The third-order valence-corrected chi connectivity index (χ3v) is 6.48. The van der Waals surface area contributed by atoms with Crippen LogP contribution in [0.1, 0.15) is 58.8 Å². The second kappa shape index (κ2) is 10.8. The molecule has 34 heavy (non-hydrogen) atoms. The van der Waals surface area contributed by atoms with E-state index in [1.54, 1.807) is 12.1 Å². The summed E-state index contributed by atoms with van der Waals surface area (Å²) in [6.07, 6.45) is 3.19. The van der Waals surface area contributed by atoms with Gasteiger partial charge < -0.3 is 9.80 Å². The van der Waals surface area contributed by atoms with Crippen LogP contribution in [-0.4, -0.2) is 47.0 Å². The number of carbonyl (C=O) groups is 1. The number of hydrogen-bond donors (Lipinski definition) is 0. The van der Waals surface area contributed by atoms with Crippen molar-refractivity contribution in [3.63, 3.8) is 0 Å². The summed E-state index contributed by atoms with van der Waals surface area (Å²) in [5.74, 6) is 1.50. The third kappa shape index (κ3) is 5.44. The Hall–Kier alpha value is -3.28. The Labute approximate surface area is 201 Å². The van der Waals surface area contributed by atoms with Gasteiger partial charge in [0.05, 0.1) is 0 Å². The molecule has 0 aliphatic carbocycles. The number of aryl methyl sites for hydroxylation is 3. The van der Waals surface area contributed by atoms with Crippen LogP contribution < -0.4 is 4.90 Å².